The van der Waals surface area contributed by atoms with Crippen LogP contribution in [0.4, 0.5) is 0 Å². The molecule has 1 aliphatic rings. The summed E-state index contributed by atoms with van der Waals surface area (Å²) < 4.78 is 7.31. The Kier molecular flexibility index (Phi) is 2.80. The van der Waals surface area contributed by atoms with Gasteiger partial charge in [-0.2, -0.15) is 0 Å². The average molecular weight is 244 g/mol. The van der Waals surface area contributed by atoms with E-state index in [1.807, 2.05) is 47.0 Å². The normalized spacial score (nSPS) is 16.2. The van der Waals surface area contributed by atoms with E-state index in [4.69, 9.17) is 4.74 Å². The number of carbonyl (C=O) groups excluding carboxylic acids is 1. The van der Waals surface area contributed by atoms with E-state index in [0.717, 1.165) is 16.5 Å². The fourth-order valence-electron chi connectivity index (χ4n) is 2.43. The summed E-state index contributed by atoms with van der Waals surface area (Å²) in [6, 6.07) is 7.88. The number of amides is 1. The van der Waals surface area contributed by atoms with Crippen molar-refractivity contribution < 1.29 is 9.53 Å². The molecule has 0 saturated carbocycles. The van der Waals surface area contributed by atoms with Gasteiger partial charge >= 0.3 is 0 Å². The third kappa shape index (κ3) is 1.78. The summed E-state index contributed by atoms with van der Waals surface area (Å²) in [5, 5.41) is 1.02. The number of nitrogens with zero attached hydrogens (tertiary/aromatic N) is 2. The molecule has 0 bridgehead atoms. The number of rotatable bonds is 1. The number of benzene rings is 1. The number of hydrogen-bond donors (Lipinski definition) is 0. The maximum Gasteiger partial charge on any atom is 0.254 e. The van der Waals surface area contributed by atoms with Crippen LogP contribution >= 0.6 is 0 Å². The Morgan fingerprint density at radius 2 is 2.00 bits per heavy atom. The van der Waals surface area contributed by atoms with Crippen LogP contribution in [0.25, 0.3) is 10.9 Å². The zero-order valence-electron chi connectivity index (χ0n) is 10.4. The highest BCUT2D eigenvalue weighted by Crippen LogP contribution is 2.21. The molecule has 94 valence electrons. The number of fused-ring (bicyclic) bond motifs is 1. The van der Waals surface area contributed by atoms with Crippen LogP contribution in [0.2, 0.25) is 0 Å². The first-order chi connectivity index (χ1) is 8.77. The number of ether oxygens (including phenoxy) is 1. The Bertz CT molecular complexity index is 582. The molecule has 1 fully saturated rings. The summed E-state index contributed by atoms with van der Waals surface area (Å²) >= 11 is 0. The quantitative estimate of drug-likeness (QED) is 0.764. The first-order valence-electron chi connectivity index (χ1n) is 6.18. The molecule has 18 heavy (non-hydrogen) atoms. The van der Waals surface area contributed by atoms with Crippen molar-refractivity contribution in [3.63, 3.8) is 0 Å². The molecule has 1 aliphatic heterocycles. The summed E-state index contributed by atoms with van der Waals surface area (Å²) in [5.74, 6) is 0.107. The maximum absolute atomic E-state index is 12.5. The molecule has 0 radical (unpaired) electrons. The van der Waals surface area contributed by atoms with Crippen LogP contribution in [0, 0.1) is 0 Å². The highest BCUT2D eigenvalue weighted by Gasteiger charge is 2.20. The lowest BCUT2D eigenvalue weighted by Gasteiger charge is -2.27. The smallest absolute Gasteiger partial charge is 0.254 e. The molecule has 2 aromatic rings. The van der Waals surface area contributed by atoms with Crippen LogP contribution in [-0.4, -0.2) is 41.7 Å². The number of hydrogen-bond acceptors (Lipinski definition) is 2. The van der Waals surface area contributed by atoms with Gasteiger partial charge in [-0.15, -0.1) is 0 Å². The summed E-state index contributed by atoms with van der Waals surface area (Å²) in [4.78, 5) is 14.4. The molecule has 0 unspecified atom stereocenters. The molecule has 2 heterocycles. The van der Waals surface area contributed by atoms with Crippen LogP contribution in [0.3, 0.4) is 0 Å². The van der Waals surface area contributed by atoms with Gasteiger partial charge in [-0.05, 0) is 18.2 Å². The lowest BCUT2D eigenvalue weighted by atomic mass is 10.1. The van der Waals surface area contributed by atoms with Gasteiger partial charge in [0.25, 0.3) is 5.91 Å². The Balaban J connectivity index is 2.00. The monoisotopic (exact) mass is 244 g/mol. The SMILES string of the molecule is Cn1ccc2c(C(=O)N3CCOCC3)cccc21. The Morgan fingerprint density at radius 3 is 2.78 bits per heavy atom. The molecule has 1 aromatic carbocycles. The van der Waals surface area contributed by atoms with Crippen molar-refractivity contribution in [1.82, 2.24) is 9.47 Å². The van der Waals surface area contributed by atoms with Crippen molar-refractivity contribution in [1.29, 1.82) is 0 Å². The molecule has 0 atom stereocenters. The van der Waals surface area contributed by atoms with E-state index in [2.05, 4.69) is 0 Å². The third-order valence-corrected chi connectivity index (χ3v) is 3.46. The number of aromatic nitrogens is 1. The highest BCUT2D eigenvalue weighted by atomic mass is 16.5. The predicted octanol–water partition coefficient (Wildman–Crippen LogP) is 1.65. The second kappa shape index (κ2) is 4.46. The molecule has 0 aliphatic carbocycles. The first kappa shape index (κ1) is 11.3. The van der Waals surface area contributed by atoms with Crippen molar-refractivity contribution in [2.24, 2.45) is 7.05 Å². The molecule has 4 nitrogen and oxygen atoms in total. The van der Waals surface area contributed by atoms with Gasteiger partial charge < -0.3 is 14.2 Å². The van der Waals surface area contributed by atoms with Gasteiger partial charge in [-0.25, -0.2) is 0 Å². The molecule has 1 amide bonds. The van der Waals surface area contributed by atoms with E-state index >= 15 is 0 Å². The van der Waals surface area contributed by atoms with Crippen molar-refractivity contribution in [2.75, 3.05) is 26.3 Å². The number of aryl methyl sites for hydroxylation is 1. The van der Waals surface area contributed by atoms with Gasteiger partial charge in [0.2, 0.25) is 0 Å². The van der Waals surface area contributed by atoms with Gasteiger partial charge in [-0.1, -0.05) is 6.07 Å². The summed E-state index contributed by atoms with van der Waals surface area (Å²) in [7, 11) is 1.99. The van der Waals surface area contributed by atoms with Crippen LogP contribution in [0.15, 0.2) is 30.5 Å². The molecule has 1 saturated heterocycles. The number of carbonyl (C=O) groups is 1. The lowest BCUT2D eigenvalue weighted by molar-refractivity contribution is 0.0304. The molecule has 3 rings (SSSR count). The highest BCUT2D eigenvalue weighted by molar-refractivity contribution is 6.06. The average Bonchev–Trinajstić information content (AvgIpc) is 2.81. The number of morpholine rings is 1. The van der Waals surface area contributed by atoms with Gasteiger partial charge in [0.05, 0.1) is 13.2 Å². The van der Waals surface area contributed by atoms with Crippen molar-refractivity contribution in [3.05, 3.63) is 36.0 Å². The minimum atomic E-state index is 0.107. The molecule has 0 N–H and O–H groups in total. The first-order valence-corrected chi connectivity index (χ1v) is 6.18. The van der Waals surface area contributed by atoms with E-state index < -0.39 is 0 Å². The minimum absolute atomic E-state index is 0.107. The van der Waals surface area contributed by atoms with E-state index in [1.54, 1.807) is 0 Å². The van der Waals surface area contributed by atoms with E-state index in [9.17, 15) is 4.79 Å². The molecular formula is C14H16N2O2. The zero-order chi connectivity index (χ0) is 12.5. The fraction of sp³-hybridized carbons (Fsp3) is 0.357. The van der Waals surface area contributed by atoms with Gasteiger partial charge in [0.15, 0.2) is 0 Å². The van der Waals surface area contributed by atoms with Gasteiger partial charge in [0.1, 0.15) is 0 Å². The molecule has 0 spiro atoms. The predicted molar refractivity (Wildman–Crippen MR) is 69.6 cm³/mol. The van der Waals surface area contributed by atoms with Crippen molar-refractivity contribution >= 4 is 16.8 Å². The third-order valence-electron chi connectivity index (χ3n) is 3.46. The second-order valence-electron chi connectivity index (χ2n) is 4.57. The summed E-state index contributed by atoms with van der Waals surface area (Å²) in [6.07, 6.45) is 1.99. The van der Waals surface area contributed by atoms with Crippen molar-refractivity contribution in [3.8, 4) is 0 Å². The minimum Gasteiger partial charge on any atom is -0.378 e. The van der Waals surface area contributed by atoms with Crippen molar-refractivity contribution in [2.45, 2.75) is 0 Å². The van der Waals surface area contributed by atoms with Crippen LogP contribution in [0.5, 0.6) is 0 Å². The largest absolute Gasteiger partial charge is 0.378 e. The summed E-state index contributed by atoms with van der Waals surface area (Å²) in [6.45, 7) is 2.64. The fourth-order valence-corrected chi connectivity index (χ4v) is 2.43. The van der Waals surface area contributed by atoms with Gasteiger partial charge in [-0.3, -0.25) is 4.79 Å². The molecule has 4 heteroatoms. The van der Waals surface area contributed by atoms with E-state index in [0.29, 0.717) is 26.3 Å². The topological polar surface area (TPSA) is 34.5 Å². The second-order valence-corrected chi connectivity index (χ2v) is 4.57. The maximum atomic E-state index is 12.5. The van der Waals surface area contributed by atoms with Crippen LogP contribution in [-0.2, 0) is 11.8 Å². The van der Waals surface area contributed by atoms with E-state index in [1.165, 1.54) is 0 Å². The van der Waals surface area contributed by atoms with Crippen LogP contribution < -0.4 is 0 Å². The Labute approximate surface area is 106 Å². The Hall–Kier alpha value is -1.81. The van der Waals surface area contributed by atoms with Gasteiger partial charge in [0, 0.05) is 42.8 Å². The zero-order valence-corrected chi connectivity index (χ0v) is 10.4. The molecular weight excluding hydrogens is 228 g/mol. The Morgan fingerprint density at radius 1 is 1.22 bits per heavy atom. The summed E-state index contributed by atoms with van der Waals surface area (Å²) in [5.41, 5.74) is 1.88. The molecule has 1 aromatic heterocycles. The van der Waals surface area contributed by atoms with E-state index in [-0.39, 0.29) is 5.91 Å². The standard InChI is InChI=1S/C14H16N2O2/c1-15-6-5-11-12(3-2-4-13(11)15)14(17)16-7-9-18-10-8-16/h2-6H,7-10H2,1H3. The van der Waals surface area contributed by atoms with Crippen LogP contribution in [0.1, 0.15) is 10.4 Å². The lowest BCUT2D eigenvalue weighted by Crippen LogP contribution is -2.40.